The van der Waals surface area contributed by atoms with Gasteiger partial charge in [-0.05, 0) is 6.07 Å². The number of aromatic nitrogens is 1. The summed E-state index contributed by atoms with van der Waals surface area (Å²) in [5.41, 5.74) is 4.45. The molecule has 2 N–H and O–H groups in total. The summed E-state index contributed by atoms with van der Waals surface area (Å²) in [6, 6.07) is 0.971. The van der Waals surface area contributed by atoms with Gasteiger partial charge < -0.3 is 10.5 Å². The van der Waals surface area contributed by atoms with Crippen LogP contribution in [0.2, 0.25) is 0 Å². The second-order valence-electron chi connectivity index (χ2n) is 2.49. The van der Waals surface area contributed by atoms with Gasteiger partial charge in [-0.1, -0.05) is 0 Å². The summed E-state index contributed by atoms with van der Waals surface area (Å²) in [6.45, 7) is 0. The summed E-state index contributed by atoms with van der Waals surface area (Å²) in [5, 5.41) is 0. The van der Waals surface area contributed by atoms with Gasteiger partial charge in [0, 0.05) is 11.8 Å². The van der Waals surface area contributed by atoms with Crippen molar-refractivity contribution in [3.8, 4) is 5.88 Å². The number of halogens is 2. The third kappa shape index (κ3) is 1.95. The van der Waals surface area contributed by atoms with Crippen molar-refractivity contribution < 1.29 is 18.3 Å². The highest BCUT2D eigenvalue weighted by atomic mass is 19.3. The van der Waals surface area contributed by atoms with E-state index in [9.17, 15) is 13.6 Å². The third-order valence-corrected chi connectivity index (χ3v) is 1.58. The van der Waals surface area contributed by atoms with Gasteiger partial charge >= 0.3 is 0 Å². The Morgan fingerprint density at radius 2 is 2.29 bits per heavy atom. The first-order chi connectivity index (χ1) is 6.56. The number of carbonyl (C=O) groups is 1. The molecular formula is C8H8F2N2O2. The summed E-state index contributed by atoms with van der Waals surface area (Å²) >= 11 is 0. The molecule has 0 aliphatic rings. The van der Waals surface area contributed by atoms with Crippen molar-refractivity contribution in [2.75, 3.05) is 7.11 Å². The van der Waals surface area contributed by atoms with E-state index >= 15 is 0 Å². The molecule has 0 unspecified atom stereocenters. The van der Waals surface area contributed by atoms with Crippen molar-refractivity contribution in [2.24, 2.45) is 5.73 Å². The van der Waals surface area contributed by atoms with E-state index in [0.29, 0.717) is 0 Å². The maximum absolute atomic E-state index is 12.2. The highest BCUT2D eigenvalue weighted by Gasteiger charge is 2.15. The van der Waals surface area contributed by atoms with Crippen molar-refractivity contribution >= 4 is 5.91 Å². The van der Waals surface area contributed by atoms with Crippen molar-refractivity contribution in [3.05, 3.63) is 23.4 Å². The molecule has 1 amide bonds. The fourth-order valence-electron chi connectivity index (χ4n) is 0.927. The van der Waals surface area contributed by atoms with Crippen molar-refractivity contribution in [2.45, 2.75) is 6.43 Å². The molecule has 0 bridgehead atoms. The van der Waals surface area contributed by atoms with Gasteiger partial charge in [0.05, 0.1) is 7.11 Å². The lowest BCUT2D eigenvalue weighted by atomic mass is 10.2. The molecule has 0 aliphatic heterocycles. The van der Waals surface area contributed by atoms with Crippen LogP contribution in [0.5, 0.6) is 5.88 Å². The Bertz CT molecular complexity index is 355. The fraction of sp³-hybridized carbons (Fsp3) is 0.250. The number of pyridine rings is 1. The van der Waals surface area contributed by atoms with Gasteiger partial charge in [0.25, 0.3) is 12.3 Å². The molecule has 1 aromatic heterocycles. The summed E-state index contributed by atoms with van der Waals surface area (Å²) in [5.74, 6) is -0.904. The van der Waals surface area contributed by atoms with Crippen molar-refractivity contribution in [1.82, 2.24) is 4.98 Å². The van der Waals surface area contributed by atoms with Gasteiger partial charge in [0.1, 0.15) is 5.56 Å². The van der Waals surface area contributed by atoms with Crippen molar-refractivity contribution in [1.29, 1.82) is 0 Å². The molecule has 0 saturated carbocycles. The Hall–Kier alpha value is -1.72. The minimum Gasteiger partial charge on any atom is -0.480 e. The van der Waals surface area contributed by atoms with Crippen LogP contribution in [-0.4, -0.2) is 18.0 Å². The van der Waals surface area contributed by atoms with Crippen molar-refractivity contribution in [3.63, 3.8) is 0 Å². The molecule has 0 radical (unpaired) electrons. The average Bonchev–Trinajstić information content (AvgIpc) is 2.16. The normalized spacial score (nSPS) is 10.3. The minimum atomic E-state index is -2.69. The largest absolute Gasteiger partial charge is 0.480 e. The highest BCUT2D eigenvalue weighted by molar-refractivity contribution is 5.95. The predicted octanol–water partition coefficient (Wildman–Crippen LogP) is 1.13. The van der Waals surface area contributed by atoms with Crippen LogP contribution in [0.25, 0.3) is 0 Å². The highest BCUT2D eigenvalue weighted by Crippen LogP contribution is 2.22. The summed E-state index contributed by atoms with van der Waals surface area (Å²) in [6.07, 6.45) is -1.75. The van der Waals surface area contributed by atoms with Crippen LogP contribution in [0.4, 0.5) is 8.78 Å². The number of alkyl halides is 2. The fourth-order valence-corrected chi connectivity index (χ4v) is 0.927. The molecule has 0 spiro atoms. The molecule has 4 nitrogen and oxygen atoms in total. The Morgan fingerprint density at radius 3 is 2.71 bits per heavy atom. The zero-order chi connectivity index (χ0) is 10.7. The Morgan fingerprint density at radius 1 is 1.64 bits per heavy atom. The summed E-state index contributed by atoms with van der Waals surface area (Å²) in [7, 11) is 1.27. The number of hydrogen-bond donors (Lipinski definition) is 1. The van der Waals surface area contributed by atoms with Gasteiger partial charge in [-0.15, -0.1) is 0 Å². The molecule has 76 valence electrons. The van der Waals surface area contributed by atoms with Crippen LogP contribution in [0.1, 0.15) is 22.3 Å². The van der Waals surface area contributed by atoms with Crippen LogP contribution in [-0.2, 0) is 0 Å². The molecular weight excluding hydrogens is 194 g/mol. The van der Waals surface area contributed by atoms with Crippen LogP contribution < -0.4 is 10.5 Å². The lowest BCUT2D eigenvalue weighted by Gasteiger charge is -2.05. The molecule has 14 heavy (non-hydrogen) atoms. The van der Waals surface area contributed by atoms with E-state index in [2.05, 4.69) is 9.72 Å². The first-order valence-electron chi connectivity index (χ1n) is 3.68. The summed E-state index contributed by atoms with van der Waals surface area (Å²) < 4.78 is 29.1. The molecule has 1 aromatic rings. The van der Waals surface area contributed by atoms with Gasteiger partial charge in [-0.2, -0.15) is 0 Å². The van der Waals surface area contributed by atoms with E-state index in [0.717, 1.165) is 12.3 Å². The van der Waals surface area contributed by atoms with Crippen LogP contribution in [0.15, 0.2) is 12.3 Å². The first-order valence-corrected chi connectivity index (χ1v) is 3.68. The van der Waals surface area contributed by atoms with E-state index in [1.54, 1.807) is 0 Å². The Labute approximate surface area is 78.7 Å². The van der Waals surface area contributed by atoms with Crippen LogP contribution in [0, 0.1) is 0 Å². The molecule has 0 saturated heterocycles. The first kappa shape index (κ1) is 10.4. The lowest BCUT2D eigenvalue weighted by Crippen LogP contribution is -2.13. The number of primary amides is 1. The second kappa shape index (κ2) is 3.99. The third-order valence-electron chi connectivity index (χ3n) is 1.58. The number of nitrogens with two attached hydrogens (primary N) is 1. The Kier molecular flexibility index (Phi) is 2.95. The van der Waals surface area contributed by atoms with Gasteiger partial charge in [0.15, 0.2) is 0 Å². The monoisotopic (exact) mass is 202 g/mol. The molecule has 0 fully saturated rings. The SMILES string of the molecule is COc1ncc(C(F)F)cc1C(N)=O. The van der Waals surface area contributed by atoms with Gasteiger partial charge in [-0.25, -0.2) is 13.8 Å². The standard InChI is InChI=1S/C8H8F2N2O2/c1-14-8-5(7(11)13)2-4(3-12-8)6(9)10/h2-3,6H,1H3,(H2,11,13). The topological polar surface area (TPSA) is 65.2 Å². The number of methoxy groups -OCH3 is 1. The second-order valence-corrected chi connectivity index (χ2v) is 2.49. The number of ether oxygens (including phenoxy) is 1. The molecule has 0 atom stereocenters. The van der Waals surface area contributed by atoms with Crippen LogP contribution >= 0.6 is 0 Å². The zero-order valence-corrected chi connectivity index (χ0v) is 7.33. The average molecular weight is 202 g/mol. The number of carbonyl (C=O) groups excluding carboxylic acids is 1. The molecule has 1 heterocycles. The van der Waals surface area contributed by atoms with Gasteiger partial charge in [-0.3, -0.25) is 4.79 Å². The van der Waals surface area contributed by atoms with E-state index < -0.39 is 12.3 Å². The quantitative estimate of drug-likeness (QED) is 0.798. The lowest BCUT2D eigenvalue weighted by molar-refractivity contribution is 0.0996. The molecule has 0 aliphatic carbocycles. The zero-order valence-electron chi connectivity index (χ0n) is 7.33. The minimum absolute atomic E-state index is 0.0538. The Balaban J connectivity index is 3.21. The number of amides is 1. The van der Waals surface area contributed by atoms with Gasteiger partial charge in [0.2, 0.25) is 5.88 Å². The molecule has 0 aromatic carbocycles. The van der Waals surface area contributed by atoms with E-state index in [4.69, 9.17) is 5.73 Å². The van der Waals surface area contributed by atoms with E-state index in [1.165, 1.54) is 7.11 Å². The molecule has 6 heteroatoms. The van der Waals surface area contributed by atoms with E-state index in [-0.39, 0.29) is 17.0 Å². The number of nitrogens with zero attached hydrogens (tertiary/aromatic N) is 1. The predicted molar refractivity (Wildman–Crippen MR) is 44.3 cm³/mol. The number of hydrogen-bond acceptors (Lipinski definition) is 3. The maximum Gasteiger partial charge on any atom is 0.265 e. The molecule has 1 rings (SSSR count). The smallest absolute Gasteiger partial charge is 0.265 e. The summed E-state index contributed by atoms with van der Waals surface area (Å²) in [4.78, 5) is 14.3. The maximum atomic E-state index is 12.2. The van der Waals surface area contributed by atoms with Crippen LogP contribution in [0.3, 0.4) is 0 Å². The number of rotatable bonds is 3. The van der Waals surface area contributed by atoms with E-state index in [1.807, 2.05) is 0 Å².